The van der Waals surface area contributed by atoms with Crippen molar-refractivity contribution in [3.05, 3.63) is 100 Å². The van der Waals surface area contributed by atoms with E-state index in [0.717, 1.165) is 11.1 Å². The van der Waals surface area contributed by atoms with Crippen LogP contribution in [0.3, 0.4) is 0 Å². The lowest BCUT2D eigenvalue weighted by molar-refractivity contribution is -0.135. The maximum Gasteiger partial charge on any atom is 0.312 e. The second-order valence-corrected chi connectivity index (χ2v) is 7.85. The average molecular weight is 438 g/mol. The smallest absolute Gasteiger partial charge is 0.312 e. The molecule has 6 rings (SSSR count). The first-order valence-electron chi connectivity index (χ1n) is 10.3. The summed E-state index contributed by atoms with van der Waals surface area (Å²) in [7, 11) is 0. The first kappa shape index (κ1) is 19.3. The largest absolute Gasteiger partial charge is 0.463 e. The van der Waals surface area contributed by atoms with Gasteiger partial charge in [0.1, 0.15) is 23.4 Å². The zero-order valence-corrected chi connectivity index (χ0v) is 17.1. The van der Waals surface area contributed by atoms with Crippen molar-refractivity contribution in [2.24, 2.45) is 0 Å². The third-order valence-corrected chi connectivity index (χ3v) is 5.94. The van der Waals surface area contributed by atoms with E-state index < -0.39 is 11.7 Å². The molecule has 33 heavy (non-hydrogen) atoms. The summed E-state index contributed by atoms with van der Waals surface area (Å²) in [5.74, 6) is -0.953. The first-order valence-corrected chi connectivity index (χ1v) is 10.3. The van der Waals surface area contributed by atoms with Crippen LogP contribution in [-0.4, -0.2) is 15.9 Å². The predicted octanol–water partition coefficient (Wildman–Crippen LogP) is 4.98. The Hall–Kier alpha value is -4.39. The molecule has 0 radical (unpaired) electrons. The number of halogens is 1. The average Bonchev–Trinajstić information content (AvgIpc) is 2.84. The monoisotopic (exact) mass is 438 g/mol. The third-order valence-electron chi connectivity index (χ3n) is 5.94. The molecule has 0 amide bonds. The van der Waals surface area contributed by atoms with Crippen molar-refractivity contribution in [1.29, 1.82) is 0 Å². The van der Waals surface area contributed by atoms with Gasteiger partial charge in [-0.05, 0) is 35.9 Å². The summed E-state index contributed by atoms with van der Waals surface area (Å²) in [6.07, 6.45) is 4.57. The Bertz CT molecular complexity index is 1640. The fourth-order valence-electron chi connectivity index (χ4n) is 4.40. The zero-order valence-electron chi connectivity index (χ0n) is 17.1. The zero-order chi connectivity index (χ0) is 22.5. The van der Waals surface area contributed by atoms with Crippen molar-refractivity contribution in [2.75, 3.05) is 0 Å². The van der Waals surface area contributed by atoms with Crippen LogP contribution in [0.5, 0.6) is 5.75 Å². The minimum Gasteiger partial charge on any atom is -0.463 e. The molecule has 1 aliphatic rings. The summed E-state index contributed by atoms with van der Waals surface area (Å²) in [4.78, 5) is 34.3. The van der Waals surface area contributed by atoms with E-state index in [2.05, 4.69) is 9.97 Å². The molecule has 6 nitrogen and oxygen atoms in total. The van der Waals surface area contributed by atoms with Gasteiger partial charge in [-0.2, -0.15) is 0 Å². The Balaban J connectivity index is 1.58. The van der Waals surface area contributed by atoms with Gasteiger partial charge in [-0.15, -0.1) is 0 Å². The topological polar surface area (TPSA) is 82.3 Å². The highest BCUT2D eigenvalue weighted by Crippen LogP contribution is 2.43. The van der Waals surface area contributed by atoms with Crippen molar-refractivity contribution >= 4 is 28.0 Å². The molecule has 0 N–H and O–H groups in total. The number of esters is 1. The molecule has 0 aliphatic carbocycles. The van der Waals surface area contributed by atoms with Crippen LogP contribution in [0.1, 0.15) is 23.5 Å². The normalized spacial score (nSPS) is 15.4. The second-order valence-electron chi connectivity index (χ2n) is 7.85. The molecule has 0 spiro atoms. The second kappa shape index (κ2) is 7.34. The van der Waals surface area contributed by atoms with Crippen LogP contribution in [0.4, 0.5) is 4.39 Å². The first-order chi connectivity index (χ1) is 16.1. The minimum atomic E-state index is -0.508. The molecule has 0 bridgehead atoms. The molecule has 7 heteroatoms. The van der Waals surface area contributed by atoms with E-state index in [0.29, 0.717) is 22.4 Å². The number of benzene rings is 3. The Labute approximate surface area is 186 Å². The van der Waals surface area contributed by atoms with Crippen molar-refractivity contribution in [2.45, 2.75) is 12.3 Å². The highest BCUT2D eigenvalue weighted by Gasteiger charge is 2.32. The quantitative estimate of drug-likeness (QED) is 0.286. The lowest BCUT2D eigenvalue weighted by Crippen LogP contribution is -2.22. The number of carbonyl (C=O) groups is 1. The van der Waals surface area contributed by atoms with Crippen molar-refractivity contribution in [3.63, 3.8) is 0 Å². The van der Waals surface area contributed by atoms with E-state index >= 15 is 0 Å². The molecular weight excluding hydrogens is 423 g/mol. The molecule has 160 valence electrons. The Morgan fingerprint density at radius 2 is 1.73 bits per heavy atom. The standard InChI is InChI=1S/C26H15FN2O4/c27-19-4-2-1-3-15(19)18-13-32-26-16(25(18)31)6-8-22-24(26)17(12-23(30)33-22)14-5-7-20-21(11-14)29-10-9-28-20/h1-11,13,17H,12H2. The number of fused-ring (bicyclic) bond motifs is 4. The molecule has 0 fully saturated rings. The number of rotatable bonds is 2. The van der Waals surface area contributed by atoms with Crippen LogP contribution in [0.25, 0.3) is 33.1 Å². The number of nitrogens with zero attached hydrogens (tertiary/aromatic N) is 2. The van der Waals surface area contributed by atoms with Gasteiger partial charge in [0.15, 0.2) is 0 Å². The molecule has 5 aromatic rings. The van der Waals surface area contributed by atoms with E-state index in [4.69, 9.17) is 9.15 Å². The predicted molar refractivity (Wildman–Crippen MR) is 120 cm³/mol. The molecule has 2 aromatic heterocycles. The van der Waals surface area contributed by atoms with Gasteiger partial charge in [-0.3, -0.25) is 19.6 Å². The van der Waals surface area contributed by atoms with E-state index in [1.54, 1.807) is 36.7 Å². The highest BCUT2D eigenvalue weighted by atomic mass is 19.1. The molecule has 3 aromatic carbocycles. The van der Waals surface area contributed by atoms with Gasteiger partial charge in [0, 0.05) is 29.4 Å². The van der Waals surface area contributed by atoms with Crippen LogP contribution in [0.15, 0.2) is 82.5 Å². The lowest BCUT2D eigenvalue weighted by Gasteiger charge is -2.25. The van der Waals surface area contributed by atoms with Crippen molar-refractivity contribution in [3.8, 4) is 16.9 Å². The van der Waals surface area contributed by atoms with Crippen LogP contribution in [0.2, 0.25) is 0 Å². The molecule has 0 saturated carbocycles. The van der Waals surface area contributed by atoms with E-state index in [1.165, 1.54) is 18.4 Å². The number of hydrogen-bond acceptors (Lipinski definition) is 6. The van der Waals surface area contributed by atoms with Crippen LogP contribution >= 0.6 is 0 Å². The number of aromatic nitrogens is 2. The van der Waals surface area contributed by atoms with Gasteiger partial charge in [0.25, 0.3) is 0 Å². The summed E-state index contributed by atoms with van der Waals surface area (Å²) in [5, 5.41) is 0.290. The van der Waals surface area contributed by atoms with E-state index in [-0.39, 0.29) is 34.3 Å². The summed E-state index contributed by atoms with van der Waals surface area (Å²) in [6.45, 7) is 0. The maximum atomic E-state index is 14.3. The fraction of sp³-hybridized carbons (Fsp3) is 0.0769. The lowest BCUT2D eigenvalue weighted by atomic mass is 9.85. The Morgan fingerprint density at radius 3 is 2.58 bits per heavy atom. The molecule has 3 heterocycles. The Morgan fingerprint density at radius 1 is 0.909 bits per heavy atom. The van der Waals surface area contributed by atoms with Crippen LogP contribution in [-0.2, 0) is 4.79 Å². The highest BCUT2D eigenvalue weighted by molar-refractivity contribution is 5.90. The summed E-state index contributed by atoms with van der Waals surface area (Å²) >= 11 is 0. The van der Waals surface area contributed by atoms with Crippen LogP contribution in [0, 0.1) is 5.82 Å². The summed E-state index contributed by atoms with van der Waals surface area (Å²) < 4.78 is 25.7. The maximum absolute atomic E-state index is 14.3. The number of ether oxygens (including phenoxy) is 1. The molecule has 0 saturated heterocycles. The molecule has 1 atom stereocenters. The van der Waals surface area contributed by atoms with Gasteiger partial charge in [0.05, 0.1) is 28.4 Å². The van der Waals surface area contributed by atoms with Gasteiger partial charge in [0.2, 0.25) is 5.43 Å². The molecule has 1 unspecified atom stereocenters. The SMILES string of the molecule is O=C1CC(c2ccc3nccnc3c2)c2c(ccc3c(=O)c(-c4ccccc4F)coc23)O1. The van der Waals surface area contributed by atoms with E-state index in [9.17, 15) is 14.0 Å². The van der Waals surface area contributed by atoms with Crippen LogP contribution < -0.4 is 10.2 Å². The number of carbonyl (C=O) groups excluding carboxylic acids is 1. The van der Waals surface area contributed by atoms with Gasteiger partial charge in [-0.1, -0.05) is 24.3 Å². The van der Waals surface area contributed by atoms with Gasteiger partial charge >= 0.3 is 5.97 Å². The summed E-state index contributed by atoms with van der Waals surface area (Å²) in [5.41, 5.74) is 3.12. The van der Waals surface area contributed by atoms with Gasteiger partial charge < -0.3 is 9.15 Å². The molecule has 1 aliphatic heterocycles. The Kier molecular flexibility index (Phi) is 4.29. The van der Waals surface area contributed by atoms with Crippen molar-refractivity contribution < 1.29 is 18.3 Å². The summed E-state index contributed by atoms with van der Waals surface area (Å²) in [6, 6.07) is 14.8. The van der Waals surface area contributed by atoms with Gasteiger partial charge in [-0.25, -0.2) is 4.39 Å². The fourth-order valence-corrected chi connectivity index (χ4v) is 4.40. The molecular formula is C26H15FN2O4. The minimum absolute atomic E-state index is 0.0800. The third kappa shape index (κ3) is 3.09. The van der Waals surface area contributed by atoms with Crippen molar-refractivity contribution in [1.82, 2.24) is 9.97 Å². The number of hydrogen-bond donors (Lipinski definition) is 0. The van der Waals surface area contributed by atoms with E-state index in [1.807, 2.05) is 18.2 Å².